The predicted molar refractivity (Wildman–Crippen MR) is 224 cm³/mol. The number of unbranched alkanes of at least 4 members (excludes halogenated alkanes) is 2. The smallest absolute Gasteiger partial charge is 0.462 e. The second-order valence-electron chi connectivity index (χ2n) is 11.8. The first-order valence-electron chi connectivity index (χ1n) is 19.2. The van der Waals surface area contributed by atoms with Crippen LogP contribution >= 0.6 is 7.82 Å². The molecular weight excluding hydrogens is 701 g/mol. The number of allylic oxidation sites excluding steroid dienone is 22. The fourth-order valence-corrected chi connectivity index (χ4v) is 4.91. The summed E-state index contributed by atoms with van der Waals surface area (Å²) in [4.78, 5) is 34.7. The van der Waals surface area contributed by atoms with Crippen molar-refractivity contribution in [3.8, 4) is 0 Å². The largest absolute Gasteiger partial charge is 0.472 e. The molecular formula is C44H66NO8P. The van der Waals surface area contributed by atoms with Crippen molar-refractivity contribution in [1.29, 1.82) is 0 Å². The van der Waals surface area contributed by atoms with Crippen molar-refractivity contribution in [1.82, 2.24) is 0 Å². The van der Waals surface area contributed by atoms with Crippen LogP contribution in [-0.2, 0) is 32.7 Å². The van der Waals surface area contributed by atoms with Crippen LogP contribution in [0.3, 0.4) is 0 Å². The molecule has 0 saturated heterocycles. The molecule has 0 aliphatic rings. The average Bonchev–Trinajstić information content (AvgIpc) is 3.16. The van der Waals surface area contributed by atoms with Crippen molar-refractivity contribution in [3.63, 3.8) is 0 Å². The Kier molecular flexibility index (Phi) is 36.1. The van der Waals surface area contributed by atoms with E-state index in [9.17, 15) is 19.0 Å². The zero-order valence-corrected chi connectivity index (χ0v) is 33.5. The molecule has 0 rings (SSSR count). The fourth-order valence-electron chi connectivity index (χ4n) is 4.14. The standard InChI is InChI=1S/C44H66NO8P/c1-3-5-7-9-11-13-15-17-18-19-20-21-22-23-25-26-28-30-32-34-36-43(46)50-40-42(41-52-54(48,49)51-39-38-45)53-44(47)37-35-33-31-29-27-24-16-14-12-10-8-6-4-2/h5-8,10-14,16-18,20-21,23-25,27-31,42H,3-4,9,15,19,22,26,32-41,45H2,1-2H3,(H,48,49)/b7-5+,8-6+,12-10+,13-11+,16-14+,18-17+,21-20+,25-23+,27-24+,30-28+,31-29+. The lowest BCUT2D eigenvalue weighted by Crippen LogP contribution is -2.29. The molecule has 0 fully saturated rings. The number of ether oxygens (including phenoxy) is 2. The van der Waals surface area contributed by atoms with Crippen LogP contribution in [0.2, 0.25) is 0 Å². The number of phosphoric ester groups is 1. The highest BCUT2D eigenvalue weighted by Crippen LogP contribution is 2.43. The molecule has 0 radical (unpaired) electrons. The van der Waals surface area contributed by atoms with Gasteiger partial charge in [0.2, 0.25) is 0 Å². The minimum atomic E-state index is -4.42. The van der Waals surface area contributed by atoms with Gasteiger partial charge in [0.15, 0.2) is 6.10 Å². The first kappa shape index (κ1) is 50.1. The topological polar surface area (TPSA) is 134 Å². The summed E-state index contributed by atoms with van der Waals surface area (Å²) >= 11 is 0. The van der Waals surface area contributed by atoms with Crippen LogP contribution in [0.15, 0.2) is 134 Å². The van der Waals surface area contributed by atoms with Crippen LogP contribution in [0.25, 0.3) is 0 Å². The molecule has 0 amide bonds. The van der Waals surface area contributed by atoms with Gasteiger partial charge < -0.3 is 20.1 Å². The Balaban J connectivity index is 4.45. The van der Waals surface area contributed by atoms with Crippen molar-refractivity contribution in [2.45, 2.75) is 103 Å². The molecule has 3 N–H and O–H groups in total. The van der Waals surface area contributed by atoms with Crippen LogP contribution in [0.5, 0.6) is 0 Å². The number of phosphoric acid groups is 1. The van der Waals surface area contributed by atoms with E-state index in [0.717, 1.165) is 44.9 Å². The van der Waals surface area contributed by atoms with E-state index < -0.39 is 32.5 Å². The molecule has 54 heavy (non-hydrogen) atoms. The van der Waals surface area contributed by atoms with E-state index in [0.29, 0.717) is 25.7 Å². The van der Waals surface area contributed by atoms with Crippen molar-refractivity contribution >= 4 is 19.8 Å². The van der Waals surface area contributed by atoms with E-state index in [2.05, 4.69) is 86.8 Å². The number of esters is 2. The first-order valence-corrected chi connectivity index (χ1v) is 20.7. The Labute approximate surface area is 325 Å². The second kappa shape index (κ2) is 38.9. The Bertz CT molecular complexity index is 1330. The van der Waals surface area contributed by atoms with Crippen LogP contribution < -0.4 is 5.73 Å². The van der Waals surface area contributed by atoms with E-state index >= 15 is 0 Å². The van der Waals surface area contributed by atoms with Gasteiger partial charge in [-0.15, -0.1) is 0 Å². The van der Waals surface area contributed by atoms with Gasteiger partial charge in [0.1, 0.15) is 6.61 Å². The van der Waals surface area contributed by atoms with Gasteiger partial charge in [-0.05, 0) is 70.6 Å². The van der Waals surface area contributed by atoms with Crippen LogP contribution in [-0.4, -0.2) is 49.3 Å². The molecule has 0 aromatic carbocycles. The molecule has 0 spiro atoms. The minimum absolute atomic E-state index is 0.0255. The molecule has 2 atom stereocenters. The highest BCUT2D eigenvalue weighted by molar-refractivity contribution is 7.47. The van der Waals surface area contributed by atoms with Gasteiger partial charge >= 0.3 is 19.8 Å². The number of carbonyl (C=O) groups is 2. The minimum Gasteiger partial charge on any atom is -0.462 e. The van der Waals surface area contributed by atoms with Crippen LogP contribution in [0.1, 0.15) is 97.3 Å². The Morgan fingerprint density at radius 2 is 1.02 bits per heavy atom. The van der Waals surface area contributed by atoms with Crippen LogP contribution in [0.4, 0.5) is 0 Å². The summed E-state index contributed by atoms with van der Waals surface area (Å²) in [6.07, 6.45) is 53.6. The molecule has 0 bridgehead atoms. The quantitative estimate of drug-likeness (QED) is 0.0220. The maximum atomic E-state index is 12.5. The second-order valence-corrected chi connectivity index (χ2v) is 13.3. The van der Waals surface area contributed by atoms with E-state index in [4.69, 9.17) is 24.3 Å². The molecule has 2 unspecified atom stereocenters. The highest BCUT2D eigenvalue weighted by Gasteiger charge is 2.25. The van der Waals surface area contributed by atoms with Gasteiger partial charge in [0, 0.05) is 19.4 Å². The zero-order chi connectivity index (χ0) is 39.6. The number of hydrogen-bond acceptors (Lipinski definition) is 8. The van der Waals surface area contributed by atoms with Gasteiger partial charge in [-0.1, -0.05) is 148 Å². The molecule has 300 valence electrons. The maximum absolute atomic E-state index is 12.5. The van der Waals surface area contributed by atoms with E-state index in [-0.39, 0.29) is 32.6 Å². The predicted octanol–water partition coefficient (Wildman–Crippen LogP) is 10.8. The van der Waals surface area contributed by atoms with Gasteiger partial charge in [0.05, 0.1) is 13.2 Å². The maximum Gasteiger partial charge on any atom is 0.472 e. The highest BCUT2D eigenvalue weighted by atomic mass is 31.2. The van der Waals surface area contributed by atoms with E-state index in [1.807, 2.05) is 60.8 Å². The van der Waals surface area contributed by atoms with Crippen LogP contribution in [0, 0.1) is 0 Å². The Morgan fingerprint density at radius 3 is 1.54 bits per heavy atom. The van der Waals surface area contributed by atoms with Gasteiger partial charge in [-0.2, -0.15) is 0 Å². The van der Waals surface area contributed by atoms with Gasteiger partial charge in [-0.25, -0.2) is 4.57 Å². The number of rotatable bonds is 33. The zero-order valence-electron chi connectivity index (χ0n) is 32.6. The third-order valence-corrected chi connectivity index (χ3v) is 7.89. The van der Waals surface area contributed by atoms with Gasteiger partial charge in [0.25, 0.3) is 0 Å². The summed E-state index contributed by atoms with van der Waals surface area (Å²) in [6.45, 7) is 3.26. The number of carbonyl (C=O) groups excluding carboxylic acids is 2. The molecule has 0 heterocycles. The number of nitrogens with two attached hydrogens (primary N) is 1. The lowest BCUT2D eigenvalue weighted by Gasteiger charge is -2.19. The summed E-state index contributed by atoms with van der Waals surface area (Å²) < 4.78 is 32.5. The summed E-state index contributed by atoms with van der Waals surface area (Å²) in [7, 11) is -4.42. The average molecular weight is 768 g/mol. The lowest BCUT2D eigenvalue weighted by atomic mass is 10.2. The van der Waals surface area contributed by atoms with Gasteiger partial charge in [-0.3, -0.25) is 18.6 Å². The van der Waals surface area contributed by atoms with Crippen molar-refractivity contribution < 1.29 is 37.6 Å². The molecule has 0 aromatic heterocycles. The molecule has 9 nitrogen and oxygen atoms in total. The molecule has 0 saturated carbocycles. The first-order chi connectivity index (χ1) is 26.3. The van der Waals surface area contributed by atoms with Crippen molar-refractivity contribution in [2.75, 3.05) is 26.4 Å². The Morgan fingerprint density at radius 1 is 0.574 bits per heavy atom. The molecule has 0 aliphatic carbocycles. The third kappa shape index (κ3) is 37.9. The van der Waals surface area contributed by atoms with Crippen molar-refractivity contribution in [3.05, 3.63) is 134 Å². The summed E-state index contributed by atoms with van der Waals surface area (Å²) in [6, 6.07) is 0. The summed E-state index contributed by atoms with van der Waals surface area (Å²) in [5.41, 5.74) is 5.32. The normalized spacial score (nSPS) is 14.8. The summed E-state index contributed by atoms with van der Waals surface area (Å²) in [5, 5.41) is 0. The monoisotopic (exact) mass is 767 g/mol. The van der Waals surface area contributed by atoms with E-state index in [1.165, 1.54) is 0 Å². The number of hydrogen-bond donors (Lipinski definition) is 2. The SMILES string of the molecule is CC/C=C/C=C/C=C/C=C/C=C/CCCC(=O)OC(COC(=O)CCC/C=C/C/C=C/C/C=C/C/C=C/C/C=C/C/C=C/CC)COP(=O)(O)OCCN. The Hall–Kier alpha value is -3.85. The van der Waals surface area contributed by atoms with Crippen molar-refractivity contribution in [2.24, 2.45) is 5.73 Å². The summed E-state index contributed by atoms with van der Waals surface area (Å²) in [5.74, 6) is -1.00. The van der Waals surface area contributed by atoms with E-state index in [1.54, 1.807) is 0 Å². The fraction of sp³-hybridized carbons (Fsp3) is 0.455. The lowest BCUT2D eigenvalue weighted by molar-refractivity contribution is -0.161. The molecule has 0 aliphatic heterocycles. The molecule has 0 aromatic rings. The third-order valence-electron chi connectivity index (χ3n) is 6.91. The molecule has 10 heteroatoms.